The molecule has 2 unspecified atom stereocenters. The van der Waals surface area contributed by atoms with Crippen molar-refractivity contribution < 1.29 is 10.2 Å². The maximum Gasteiger partial charge on any atom is 0.110 e. The summed E-state index contributed by atoms with van der Waals surface area (Å²) in [5, 5.41) is 26.1. The van der Waals surface area contributed by atoms with Crippen LogP contribution in [0.1, 0.15) is 47.3 Å². The predicted molar refractivity (Wildman–Crippen MR) is 88.0 cm³/mol. The normalized spacial score (nSPS) is 23.2. The van der Waals surface area contributed by atoms with Gasteiger partial charge < -0.3 is 10.2 Å². The van der Waals surface area contributed by atoms with E-state index in [0.717, 1.165) is 40.1 Å². The van der Waals surface area contributed by atoms with Crippen LogP contribution >= 0.6 is 0 Å². The lowest BCUT2D eigenvalue weighted by molar-refractivity contribution is 0.0172. The molecule has 3 aromatic rings. The molecule has 0 fully saturated rings. The zero-order valence-corrected chi connectivity index (χ0v) is 12.3. The Morgan fingerprint density at radius 1 is 0.818 bits per heavy atom. The van der Waals surface area contributed by atoms with Gasteiger partial charge in [-0.2, -0.15) is 0 Å². The molecule has 0 heterocycles. The molecule has 2 aliphatic rings. The van der Waals surface area contributed by atoms with E-state index < -0.39 is 12.2 Å². The summed E-state index contributed by atoms with van der Waals surface area (Å²) in [5.41, 5.74) is 4.49. The maximum atomic E-state index is 10.8. The smallest absolute Gasteiger partial charge is 0.110 e. The Bertz CT molecular complexity index is 926. The van der Waals surface area contributed by atoms with Gasteiger partial charge in [-0.3, -0.25) is 0 Å². The molecule has 0 aromatic heterocycles. The fourth-order valence-corrected chi connectivity index (χ4v) is 4.47. The van der Waals surface area contributed by atoms with E-state index in [1.54, 1.807) is 0 Å². The van der Waals surface area contributed by atoms with Crippen molar-refractivity contribution in [2.75, 3.05) is 0 Å². The van der Waals surface area contributed by atoms with Gasteiger partial charge in [-0.25, -0.2) is 0 Å². The molecule has 0 saturated heterocycles. The molecule has 5 rings (SSSR count). The van der Waals surface area contributed by atoms with E-state index in [2.05, 4.69) is 24.3 Å². The summed E-state index contributed by atoms with van der Waals surface area (Å²) in [6, 6.07) is 12.6. The number of hydrogen-bond acceptors (Lipinski definition) is 2. The second kappa shape index (κ2) is 4.31. The molecular formula is C20H18O2. The number of fused-ring (bicyclic) bond motifs is 2. The van der Waals surface area contributed by atoms with Crippen LogP contribution in [0.4, 0.5) is 0 Å². The Morgan fingerprint density at radius 2 is 1.64 bits per heavy atom. The Morgan fingerprint density at radius 3 is 2.55 bits per heavy atom. The first-order valence-electron chi connectivity index (χ1n) is 8.12. The molecule has 0 radical (unpaired) electrons. The van der Waals surface area contributed by atoms with Crippen LogP contribution in [0.5, 0.6) is 0 Å². The molecule has 2 heteroatoms. The zero-order chi connectivity index (χ0) is 14.8. The van der Waals surface area contributed by atoms with E-state index in [1.807, 2.05) is 12.1 Å². The van der Waals surface area contributed by atoms with Crippen LogP contribution in [0, 0.1) is 0 Å². The average Bonchev–Trinajstić information content (AvgIpc) is 2.56. The summed E-state index contributed by atoms with van der Waals surface area (Å²) in [6.07, 6.45) is 2.86. The summed E-state index contributed by atoms with van der Waals surface area (Å²) in [5.74, 6) is 0. The molecule has 110 valence electrons. The van der Waals surface area contributed by atoms with Crippen LogP contribution in [-0.4, -0.2) is 10.2 Å². The van der Waals surface area contributed by atoms with Crippen molar-refractivity contribution in [3.05, 3.63) is 58.7 Å². The van der Waals surface area contributed by atoms with Crippen molar-refractivity contribution in [2.24, 2.45) is 0 Å². The number of aliphatic hydroxyl groups is 2. The molecule has 0 spiro atoms. The van der Waals surface area contributed by atoms with Crippen LogP contribution in [-0.2, 0) is 12.8 Å². The van der Waals surface area contributed by atoms with E-state index in [9.17, 15) is 10.2 Å². The van der Waals surface area contributed by atoms with Crippen molar-refractivity contribution in [3.8, 4) is 0 Å². The zero-order valence-electron chi connectivity index (χ0n) is 12.3. The predicted octanol–water partition coefficient (Wildman–Crippen LogP) is 3.95. The lowest BCUT2D eigenvalue weighted by Crippen LogP contribution is -2.19. The first-order chi connectivity index (χ1) is 10.8. The van der Waals surface area contributed by atoms with Crippen LogP contribution in [0.2, 0.25) is 0 Å². The Labute approximate surface area is 129 Å². The van der Waals surface area contributed by atoms with Crippen LogP contribution < -0.4 is 0 Å². The summed E-state index contributed by atoms with van der Waals surface area (Å²) in [4.78, 5) is 0. The quantitative estimate of drug-likeness (QED) is 0.615. The van der Waals surface area contributed by atoms with Gasteiger partial charge in [-0.05, 0) is 69.5 Å². The van der Waals surface area contributed by atoms with E-state index in [-0.39, 0.29) is 0 Å². The first-order valence-corrected chi connectivity index (χ1v) is 8.12. The lowest BCUT2D eigenvalue weighted by atomic mass is 9.76. The van der Waals surface area contributed by atoms with Crippen molar-refractivity contribution in [1.29, 1.82) is 0 Å². The van der Waals surface area contributed by atoms with Crippen LogP contribution in [0.25, 0.3) is 21.5 Å². The van der Waals surface area contributed by atoms with E-state index in [1.165, 1.54) is 29.4 Å². The van der Waals surface area contributed by atoms with Gasteiger partial charge in [0.25, 0.3) is 0 Å². The third-order valence-electron chi connectivity index (χ3n) is 5.46. The molecule has 2 N–H and O–H groups in total. The van der Waals surface area contributed by atoms with Gasteiger partial charge in [0, 0.05) is 0 Å². The minimum atomic E-state index is -0.824. The molecule has 3 aromatic carbocycles. The summed E-state index contributed by atoms with van der Waals surface area (Å²) >= 11 is 0. The highest BCUT2D eigenvalue weighted by molar-refractivity contribution is 6.12. The largest absolute Gasteiger partial charge is 0.385 e. The van der Waals surface area contributed by atoms with Crippen molar-refractivity contribution in [2.45, 2.75) is 37.9 Å². The highest BCUT2D eigenvalue weighted by Gasteiger charge is 2.33. The van der Waals surface area contributed by atoms with Gasteiger partial charge in [-0.1, -0.05) is 36.4 Å². The topological polar surface area (TPSA) is 40.5 Å². The number of rotatable bonds is 0. The van der Waals surface area contributed by atoms with Gasteiger partial charge in [0.1, 0.15) is 12.2 Å². The van der Waals surface area contributed by atoms with Gasteiger partial charge in [-0.15, -0.1) is 0 Å². The standard InChI is InChI=1S/C20H18O2/c21-19-15-7-3-5-11-8-9-13-10-12-4-1-2-6-14(12)18(20(19)22)17(13)16(11)15/h3,5,7-10,19-22H,1-2,4,6H2. The summed E-state index contributed by atoms with van der Waals surface area (Å²) in [6.45, 7) is 0. The van der Waals surface area contributed by atoms with Gasteiger partial charge in [0.2, 0.25) is 0 Å². The van der Waals surface area contributed by atoms with Crippen molar-refractivity contribution in [1.82, 2.24) is 0 Å². The highest BCUT2D eigenvalue weighted by atomic mass is 16.3. The Balaban J connectivity index is 2.05. The SMILES string of the molecule is OC1c2cccc3ccc4cc5c(c(c4c23)C1O)CCCC5. The number of aryl methyl sites for hydroxylation is 1. The molecule has 22 heavy (non-hydrogen) atoms. The summed E-state index contributed by atoms with van der Waals surface area (Å²) in [7, 11) is 0. The van der Waals surface area contributed by atoms with Crippen molar-refractivity contribution >= 4 is 21.5 Å². The average molecular weight is 290 g/mol. The molecule has 0 amide bonds. The fraction of sp³-hybridized carbons (Fsp3) is 0.300. The monoisotopic (exact) mass is 290 g/mol. The second-order valence-corrected chi connectivity index (χ2v) is 6.63. The van der Waals surface area contributed by atoms with E-state index in [4.69, 9.17) is 0 Å². The minimum absolute atomic E-state index is 0.809. The molecule has 2 aliphatic carbocycles. The second-order valence-electron chi connectivity index (χ2n) is 6.63. The number of benzene rings is 3. The van der Waals surface area contributed by atoms with Gasteiger partial charge in [0.15, 0.2) is 0 Å². The van der Waals surface area contributed by atoms with Gasteiger partial charge >= 0.3 is 0 Å². The molecule has 2 atom stereocenters. The Kier molecular flexibility index (Phi) is 2.47. The van der Waals surface area contributed by atoms with Gasteiger partial charge in [0.05, 0.1) is 0 Å². The summed E-state index contributed by atoms with van der Waals surface area (Å²) < 4.78 is 0. The first kappa shape index (κ1) is 12.6. The molecule has 0 bridgehead atoms. The highest BCUT2D eigenvalue weighted by Crippen LogP contribution is 2.48. The lowest BCUT2D eigenvalue weighted by Gasteiger charge is -2.32. The Hall–Kier alpha value is -1.90. The number of aliphatic hydroxyl groups excluding tert-OH is 2. The molecule has 0 aliphatic heterocycles. The minimum Gasteiger partial charge on any atom is -0.385 e. The van der Waals surface area contributed by atoms with E-state index in [0.29, 0.717) is 0 Å². The number of hydrogen-bond donors (Lipinski definition) is 2. The fourth-order valence-electron chi connectivity index (χ4n) is 4.47. The van der Waals surface area contributed by atoms with Crippen LogP contribution in [0.15, 0.2) is 36.4 Å². The molecular weight excluding hydrogens is 272 g/mol. The van der Waals surface area contributed by atoms with Crippen LogP contribution in [0.3, 0.4) is 0 Å². The molecule has 0 saturated carbocycles. The third kappa shape index (κ3) is 1.47. The third-order valence-corrected chi connectivity index (χ3v) is 5.46. The van der Waals surface area contributed by atoms with Crippen molar-refractivity contribution in [3.63, 3.8) is 0 Å². The maximum absolute atomic E-state index is 10.8. The van der Waals surface area contributed by atoms with E-state index >= 15 is 0 Å². The molecule has 2 nitrogen and oxygen atoms in total.